The Morgan fingerprint density at radius 3 is 2.88 bits per heavy atom. The van der Waals surface area contributed by atoms with Crippen LogP contribution < -0.4 is 5.32 Å². The van der Waals surface area contributed by atoms with Gasteiger partial charge in [-0.15, -0.1) is 0 Å². The fraction of sp³-hybridized carbons (Fsp3) is 0.545. The van der Waals surface area contributed by atoms with Crippen molar-refractivity contribution in [3.05, 3.63) is 12.4 Å². The number of nitrogens with one attached hydrogen (secondary N) is 1. The predicted molar refractivity (Wildman–Crippen MR) is 62.2 cm³/mol. The van der Waals surface area contributed by atoms with Gasteiger partial charge in [-0.2, -0.15) is 5.10 Å². The number of hydrogen-bond donors (Lipinski definition) is 1. The second-order valence-electron chi connectivity index (χ2n) is 4.26. The molecular weight excluding hydrogens is 220 g/mol. The summed E-state index contributed by atoms with van der Waals surface area (Å²) in [7, 11) is 1.78. The topological polar surface area (TPSA) is 67.2 Å². The molecule has 0 radical (unpaired) electrons. The molecule has 0 aliphatic carbocycles. The number of hydrogen-bond acceptors (Lipinski definition) is 3. The highest BCUT2D eigenvalue weighted by Gasteiger charge is 2.32. The number of likely N-dealkylation sites (tertiary alicyclic amines) is 1. The quantitative estimate of drug-likeness (QED) is 0.806. The highest BCUT2D eigenvalue weighted by atomic mass is 16.2. The first kappa shape index (κ1) is 11.6. The Kier molecular flexibility index (Phi) is 3.12. The van der Waals surface area contributed by atoms with Crippen LogP contribution in [-0.4, -0.2) is 39.1 Å². The third kappa shape index (κ3) is 2.46. The number of nitrogens with zero attached hydrogens (tertiary/aromatic N) is 3. The van der Waals surface area contributed by atoms with Crippen LogP contribution in [0.5, 0.6) is 0 Å². The first-order valence-corrected chi connectivity index (χ1v) is 5.64. The Hall–Kier alpha value is -1.85. The van der Waals surface area contributed by atoms with Crippen molar-refractivity contribution in [3.8, 4) is 0 Å². The number of amides is 2. The van der Waals surface area contributed by atoms with E-state index in [1.165, 1.54) is 6.92 Å². The lowest BCUT2D eigenvalue weighted by atomic mass is 10.2. The van der Waals surface area contributed by atoms with Gasteiger partial charge >= 0.3 is 0 Å². The second-order valence-corrected chi connectivity index (χ2v) is 4.26. The largest absolute Gasteiger partial charge is 0.331 e. The van der Waals surface area contributed by atoms with Crippen molar-refractivity contribution in [2.24, 2.45) is 7.05 Å². The summed E-state index contributed by atoms with van der Waals surface area (Å²) in [6.45, 7) is 2.16. The van der Waals surface area contributed by atoms with Gasteiger partial charge in [-0.3, -0.25) is 14.3 Å². The minimum atomic E-state index is -0.340. The second kappa shape index (κ2) is 4.57. The molecule has 0 saturated carbocycles. The molecular formula is C11H16N4O2. The molecule has 1 aromatic rings. The van der Waals surface area contributed by atoms with E-state index in [9.17, 15) is 9.59 Å². The molecule has 6 heteroatoms. The molecule has 1 unspecified atom stereocenters. The molecule has 92 valence electrons. The summed E-state index contributed by atoms with van der Waals surface area (Å²) in [4.78, 5) is 25.0. The van der Waals surface area contributed by atoms with Crippen LogP contribution in [-0.2, 0) is 16.6 Å². The Labute approximate surface area is 99.6 Å². The standard InChI is InChI=1S/C11H16N4O2/c1-8(16)15-5-3-4-10(15)11(17)13-9-6-12-14(2)7-9/h6-7,10H,3-5H2,1-2H3,(H,13,17). The normalized spacial score (nSPS) is 19.4. The van der Waals surface area contributed by atoms with Crippen molar-refractivity contribution in [1.82, 2.24) is 14.7 Å². The van der Waals surface area contributed by atoms with E-state index in [4.69, 9.17) is 0 Å². The van der Waals surface area contributed by atoms with Crippen molar-refractivity contribution in [1.29, 1.82) is 0 Å². The number of carbonyl (C=O) groups is 2. The first-order chi connectivity index (χ1) is 8.08. The summed E-state index contributed by atoms with van der Waals surface area (Å²) in [5.74, 6) is -0.181. The summed E-state index contributed by atoms with van der Waals surface area (Å²) >= 11 is 0. The van der Waals surface area contributed by atoms with Crippen LogP contribution in [0, 0.1) is 0 Å². The van der Waals surface area contributed by atoms with Gasteiger partial charge < -0.3 is 10.2 Å². The van der Waals surface area contributed by atoms with E-state index in [1.54, 1.807) is 29.0 Å². The third-order valence-electron chi connectivity index (χ3n) is 2.93. The van der Waals surface area contributed by atoms with Crippen LogP contribution in [0.15, 0.2) is 12.4 Å². The lowest BCUT2D eigenvalue weighted by molar-refractivity contribution is -0.134. The summed E-state index contributed by atoms with van der Waals surface area (Å²) in [6.07, 6.45) is 4.92. The van der Waals surface area contributed by atoms with Crippen LogP contribution in [0.4, 0.5) is 5.69 Å². The maximum atomic E-state index is 12.0. The SMILES string of the molecule is CC(=O)N1CCCC1C(=O)Nc1cnn(C)c1. The monoisotopic (exact) mass is 236 g/mol. The Morgan fingerprint density at radius 1 is 1.53 bits per heavy atom. The minimum absolute atomic E-state index is 0.0474. The van der Waals surface area contributed by atoms with Gasteiger partial charge in [0.2, 0.25) is 11.8 Å². The lowest BCUT2D eigenvalue weighted by Crippen LogP contribution is -2.42. The molecule has 1 atom stereocenters. The Bertz CT molecular complexity index is 440. The fourth-order valence-electron chi connectivity index (χ4n) is 2.13. The number of carbonyl (C=O) groups excluding carboxylic acids is 2. The molecule has 1 fully saturated rings. The highest BCUT2D eigenvalue weighted by molar-refractivity contribution is 5.97. The summed E-state index contributed by atoms with van der Waals surface area (Å²) in [5.41, 5.74) is 0.660. The van der Waals surface area contributed by atoms with Gasteiger partial charge in [0.05, 0.1) is 11.9 Å². The van der Waals surface area contributed by atoms with Gasteiger partial charge in [0.15, 0.2) is 0 Å². The number of anilines is 1. The molecule has 0 spiro atoms. The average Bonchev–Trinajstić information content (AvgIpc) is 2.86. The van der Waals surface area contributed by atoms with Gasteiger partial charge in [-0.1, -0.05) is 0 Å². The van der Waals surface area contributed by atoms with Gasteiger partial charge in [-0.05, 0) is 12.8 Å². The molecule has 0 aromatic carbocycles. The van der Waals surface area contributed by atoms with Crippen LogP contribution in [0.25, 0.3) is 0 Å². The zero-order valence-electron chi connectivity index (χ0n) is 10.0. The number of aromatic nitrogens is 2. The molecule has 17 heavy (non-hydrogen) atoms. The summed E-state index contributed by atoms with van der Waals surface area (Å²) < 4.78 is 1.62. The van der Waals surface area contributed by atoms with Crippen molar-refractivity contribution in [3.63, 3.8) is 0 Å². The molecule has 1 aromatic heterocycles. The number of rotatable bonds is 2. The van der Waals surface area contributed by atoms with E-state index >= 15 is 0 Å². The molecule has 2 amide bonds. The van der Waals surface area contributed by atoms with Crippen molar-refractivity contribution >= 4 is 17.5 Å². The first-order valence-electron chi connectivity index (χ1n) is 5.64. The zero-order chi connectivity index (χ0) is 12.4. The molecule has 1 N–H and O–H groups in total. The summed E-state index contributed by atoms with van der Waals surface area (Å²) in [5, 5.41) is 6.75. The lowest BCUT2D eigenvalue weighted by Gasteiger charge is -2.21. The van der Waals surface area contributed by atoms with E-state index in [2.05, 4.69) is 10.4 Å². The maximum Gasteiger partial charge on any atom is 0.247 e. The minimum Gasteiger partial charge on any atom is -0.331 e. The van der Waals surface area contributed by atoms with Crippen molar-refractivity contribution < 1.29 is 9.59 Å². The summed E-state index contributed by atoms with van der Waals surface area (Å²) in [6, 6.07) is -0.340. The van der Waals surface area contributed by atoms with Gasteiger partial charge in [-0.25, -0.2) is 0 Å². The van der Waals surface area contributed by atoms with Crippen LogP contribution in [0.2, 0.25) is 0 Å². The molecule has 1 aliphatic heterocycles. The van der Waals surface area contributed by atoms with Gasteiger partial charge in [0, 0.05) is 26.7 Å². The molecule has 1 aliphatic rings. The van der Waals surface area contributed by atoms with Crippen LogP contribution in [0.1, 0.15) is 19.8 Å². The van der Waals surface area contributed by atoms with E-state index in [1.807, 2.05) is 0 Å². The molecule has 1 saturated heterocycles. The van der Waals surface area contributed by atoms with E-state index in [0.29, 0.717) is 12.2 Å². The van der Waals surface area contributed by atoms with Crippen molar-refractivity contribution in [2.45, 2.75) is 25.8 Å². The van der Waals surface area contributed by atoms with Gasteiger partial charge in [0.25, 0.3) is 0 Å². The van der Waals surface area contributed by atoms with Crippen LogP contribution >= 0.6 is 0 Å². The average molecular weight is 236 g/mol. The van der Waals surface area contributed by atoms with E-state index in [0.717, 1.165) is 12.8 Å². The third-order valence-corrected chi connectivity index (χ3v) is 2.93. The highest BCUT2D eigenvalue weighted by Crippen LogP contribution is 2.19. The van der Waals surface area contributed by atoms with Crippen LogP contribution in [0.3, 0.4) is 0 Å². The fourth-order valence-corrected chi connectivity index (χ4v) is 2.13. The molecule has 2 rings (SSSR count). The molecule has 2 heterocycles. The predicted octanol–water partition coefficient (Wildman–Crippen LogP) is 0.369. The molecule has 6 nitrogen and oxygen atoms in total. The van der Waals surface area contributed by atoms with Crippen molar-refractivity contribution in [2.75, 3.05) is 11.9 Å². The molecule has 0 bridgehead atoms. The Morgan fingerprint density at radius 2 is 2.29 bits per heavy atom. The van der Waals surface area contributed by atoms with Gasteiger partial charge in [0.1, 0.15) is 6.04 Å². The number of aryl methyl sites for hydroxylation is 1. The Balaban J connectivity index is 2.02. The smallest absolute Gasteiger partial charge is 0.247 e. The van der Waals surface area contributed by atoms with E-state index < -0.39 is 0 Å². The van der Waals surface area contributed by atoms with E-state index in [-0.39, 0.29) is 17.9 Å². The zero-order valence-corrected chi connectivity index (χ0v) is 10.0. The maximum absolute atomic E-state index is 12.0.